The molecule has 144 valence electrons. The minimum Gasteiger partial charge on any atom is -0.486 e. The molecule has 1 N–H and O–H groups in total. The van der Waals surface area contributed by atoms with Gasteiger partial charge in [-0.25, -0.2) is 4.98 Å². The van der Waals surface area contributed by atoms with Gasteiger partial charge in [0.25, 0.3) is 0 Å². The van der Waals surface area contributed by atoms with Crippen LogP contribution in [-0.4, -0.2) is 34.4 Å². The number of anilines is 1. The first kappa shape index (κ1) is 18.7. The van der Waals surface area contributed by atoms with Crippen molar-refractivity contribution in [2.24, 2.45) is 0 Å². The van der Waals surface area contributed by atoms with Gasteiger partial charge in [0.2, 0.25) is 5.91 Å². The van der Waals surface area contributed by atoms with Crippen molar-refractivity contribution in [1.29, 1.82) is 0 Å². The summed E-state index contributed by atoms with van der Waals surface area (Å²) in [6, 6.07) is 11.1. The number of amides is 1. The third-order valence-electron chi connectivity index (χ3n) is 4.26. The first-order chi connectivity index (χ1) is 13.6. The van der Waals surface area contributed by atoms with Crippen molar-refractivity contribution in [3.05, 3.63) is 59.4 Å². The van der Waals surface area contributed by atoms with Crippen LogP contribution in [-0.2, 0) is 4.79 Å². The predicted octanol–water partition coefficient (Wildman–Crippen LogP) is 4.34. The van der Waals surface area contributed by atoms with Gasteiger partial charge >= 0.3 is 0 Å². The lowest BCUT2D eigenvalue weighted by molar-refractivity contribution is -0.113. The fourth-order valence-corrected chi connectivity index (χ4v) is 3.82. The summed E-state index contributed by atoms with van der Waals surface area (Å²) in [5.74, 6) is 1.44. The lowest BCUT2D eigenvalue weighted by atomic mass is 10.2. The minimum atomic E-state index is -0.126. The van der Waals surface area contributed by atoms with Gasteiger partial charge in [0.15, 0.2) is 16.7 Å². The Morgan fingerprint density at radius 1 is 1.25 bits per heavy atom. The molecule has 0 spiro atoms. The Balaban J connectivity index is 1.42. The Morgan fingerprint density at radius 3 is 2.93 bits per heavy atom. The normalized spacial score (nSPS) is 12.6. The lowest BCUT2D eigenvalue weighted by Crippen LogP contribution is -2.17. The van der Waals surface area contributed by atoms with E-state index in [1.54, 1.807) is 24.4 Å². The number of halogens is 1. The number of carbonyl (C=O) groups is 1. The van der Waals surface area contributed by atoms with Crippen LogP contribution < -0.4 is 14.8 Å². The maximum Gasteiger partial charge on any atom is 0.234 e. The van der Waals surface area contributed by atoms with Gasteiger partial charge in [0.05, 0.1) is 11.4 Å². The van der Waals surface area contributed by atoms with E-state index in [1.165, 1.54) is 11.8 Å². The van der Waals surface area contributed by atoms with Crippen LogP contribution >= 0.6 is 23.4 Å². The molecule has 0 fully saturated rings. The monoisotopic (exact) mass is 415 g/mol. The fourth-order valence-electron chi connectivity index (χ4n) is 2.89. The van der Waals surface area contributed by atoms with Crippen LogP contribution in [0.25, 0.3) is 5.69 Å². The number of nitrogens with one attached hydrogen (secondary N) is 1. The van der Waals surface area contributed by atoms with E-state index in [1.807, 2.05) is 35.9 Å². The highest BCUT2D eigenvalue weighted by Crippen LogP contribution is 2.33. The van der Waals surface area contributed by atoms with Crippen LogP contribution in [0, 0.1) is 6.92 Å². The second-order valence-corrected chi connectivity index (χ2v) is 7.51. The number of hydrogen-bond acceptors (Lipinski definition) is 5. The van der Waals surface area contributed by atoms with Crippen molar-refractivity contribution in [3.63, 3.8) is 0 Å². The van der Waals surface area contributed by atoms with Gasteiger partial charge in [0.1, 0.15) is 13.2 Å². The Bertz CT molecular complexity index is 1020. The first-order valence-corrected chi connectivity index (χ1v) is 10.1. The third-order valence-corrected chi connectivity index (χ3v) is 5.64. The van der Waals surface area contributed by atoms with Crippen molar-refractivity contribution >= 4 is 35.0 Å². The zero-order chi connectivity index (χ0) is 19.5. The minimum absolute atomic E-state index is 0.126. The molecule has 0 saturated carbocycles. The summed E-state index contributed by atoms with van der Waals surface area (Å²) in [6.45, 7) is 3.00. The van der Waals surface area contributed by atoms with Gasteiger partial charge in [-0.1, -0.05) is 29.4 Å². The second-order valence-electron chi connectivity index (χ2n) is 6.16. The molecule has 2 heterocycles. The number of hydrogen-bond donors (Lipinski definition) is 1. The molecule has 1 amide bonds. The Labute approximate surface area is 171 Å². The van der Waals surface area contributed by atoms with Gasteiger partial charge in [-0.05, 0) is 36.8 Å². The van der Waals surface area contributed by atoms with Crippen LogP contribution in [0.3, 0.4) is 0 Å². The van der Waals surface area contributed by atoms with Crippen LogP contribution in [0.4, 0.5) is 5.69 Å². The van der Waals surface area contributed by atoms with Crippen LogP contribution in [0.5, 0.6) is 11.5 Å². The van der Waals surface area contributed by atoms with E-state index in [0.717, 1.165) is 16.4 Å². The summed E-state index contributed by atoms with van der Waals surface area (Å²) >= 11 is 7.59. The SMILES string of the molecule is Cc1c(Cl)cccc1-n1ccnc1SCC(=O)Nc1ccc2c(c1)OCCO2. The summed E-state index contributed by atoms with van der Waals surface area (Å²) in [4.78, 5) is 16.7. The summed E-state index contributed by atoms with van der Waals surface area (Å²) < 4.78 is 13.0. The molecule has 0 unspecified atom stereocenters. The lowest BCUT2D eigenvalue weighted by Gasteiger charge is -2.19. The molecule has 0 atom stereocenters. The molecule has 4 rings (SSSR count). The highest BCUT2D eigenvalue weighted by atomic mass is 35.5. The molecule has 1 aromatic heterocycles. The summed E-state index contributed by atoms with van der Waals surface area (Å²) in [5, 5.41) is 4.30. The van der Waals surface area contributed by atoms with E-state index in [4.69, 9.17) is 21.1 Å². The van der Waals surface area contributed by atoms with Crippen molar-refractivity contribution < 1.29 is 14.3 Å². The van der Waals surface area contributed by atoms with Gasteiger partial charge in [-0.2, -0.15) is 0 Å². The summed E-state index contributed by atoms with van der Waals surface area (Å²) in [5.41, 5.74) is 2.58. The number of rotatable bonds is 5. The molecule has 8 heteroatoms. The highest BCUT2D eigenvalue weighted by Gasteiger charge is 2.14. The number of nitrogens with zero attached hydrogens (tertiary/aromatic N) is 2. The van der Waals surface area contributed by atoms with Crippen LogP contribution in [0.2, 0.25) is 5.02 Å². The molecule has 0 bridgehead atoms. The molecule has 0 radical (unpaired) electrons. The van der Waals surface area contributed by atoms with Crippen molar-refractivity contribution in [1.82, 2.24) is 9.55 Å². The zero-order valence-corrected chi connectivity index (χ0v) is 16.7. The van der Waals surface area contributed by atoms with E-state index in [2.05, 4.69) is 10.3 Å². The topological polar surface area (TPSA) is 65.4 Å². The number of imidazole rings is 1. The van der Waals surface area contributed by atoms with E-state index < -0.39 is 0 Å². The summed E-state index contributed by atoms with van der Waals surface area (Å²) in [7, 11) is 0. The van der Waals surface area contributed by atoms with Crippen LogP contribution in [0.1, 0.15) is 5.56 Å². The molecule has 1 aliphatic rings. The average Bonchev–Trinajstić information content (AvgIpc) is 3.17. The van der Waals surface area contributed by atoms with Gasteiger partial charge in [0, 0.05) is 29.2 Å². The molecule has 0 aliphatic carbocycles. The average molecular weight is 416 g/mol. The van der Waals surface area contributed by atoms with Gasteiger partial charge in [-0.15, -0.1) is 0 Å². The maximum atomic E-state index is 12.4. The predicted molar refractivity (Wildman–Crippen MR) is 110 cm³/mol. The molecular weight excluding hydrogens is 398 g/mol. The molecule has 1 aliphatic heterocycles. The first-order valence-electron chi connectivity index (χ1n) is 8.73. The van der Waals surface area contributed by atoms with E-state index in [0.29, 0.717) is 35.4 Å². The number of carbonyl (C=O) groups excluding carboxylic acids is 1. The zero-order valence-electron chi connectivity index (χ0n) is 15.1. The van der Waals surface area contributed by atoms with E-state index in [9.17, 15) is 4.79 Å². The third kappa shape index (κ3) is 3.95. The maximum absolute atomic E-state index is 12.4. The Morgan fingerprint density at radius 2 is 2.07 bits per heavy atom. The Kier molecular flexibility index (Phi) is 5.45. The number of ether oxygens (including phenoxy) is 2. The number of thioether (sulfide) groups is 1. The molecule has 0 saturated heterocycles. The Hall–Kier alpha value is -2.64. The second kappa shape index (κ2) is 8.16. The highest BCUT2D eigenvalue weighted by molar-refractivity contribution is 7.99. The number of benzene rings is 2. The smallest absolute Gasteiger partial charge is 0.234 e. The standard InChI is InChI=1S/C20H18ClN3O3S/c1-13-15(21)3-2-4-16(13)24-8-7-22-20(24)28-12-19(25)23-14-5-6-17-18(11-14)27-10-9-26-17/h2-8,11H,9-10,12H2,1H3,(H,23,25). The molecule has 6 nitrogen and oxygen atoms in total. The fraction of sp³-hybridized carbons (Fsp3) is 0.200. The van der Waals surface area contributed by atoms with Gasteiger partial charge < -0.3 is 14.8 Å². The van der Waals surface area contributed by atoms with Crippen molar-refractivity contribution in [3.8, 4) is 17.2 Å². The van der Waals surface area contributed by atoms with Crippen molar-refractivity contribution in [2.75, 3.05) is 24.3 Å². The molecule has 3 aromatic rings. The molecular formula is C20H18ClN3O3S. The largest absolute Gasteiger partial charge is 0.486 e. The van der Waals surface area contributed by atoms with E-state index in [-0.39, 0.29) is 11.7 Å². The van der Waals surface area contributed by atoms with E-state index >= 15 is 0 Å². The number of aromatic nitrogens is 2. The number of fused-ring (bicyclic) bond motifs is 1. The van der Waals surface area contributed by atoms with Gasteiger partial charge in [-0.3, -0.25) is 9.36 Å². The van der Waals surface area contributed by atoms with Crippen molar-refractivity contribution in [2.45, 2.75) is 12.1 Å². The van der Waals surface area contributed by atoms with Crippen LogP contribution in [0.15, 0.2) is 53.9 Å². The summed E-state index contributed by atoms with van der Waals surface area (Å²) in [6.07, 6.45) is 3.57. The molecule has 28 heavy (non-hydrogen) atoms. The molecule has 2 aromatic carbocycles. The quantitative estimate of drug-likeness (QED) is 0.628.